The Morgan fingerprint density at radius 2 is 2.18 bits per heavy atom. The zero-order valence-corrected chi connectivity index (χ0v) is 9.56. The van der Waals surface area contributed by atoms with Crippen molar-refractivity contribution in [1.82, 2.24) is 10.1 Å². The van der Waals surface area contributed by atoms with Gasteiger partial charge in [0.1, 0.15) is 5.82 Å². The van der Waals surface area contributed by atoms with E-state index < -0.39 is 0 Å². The normalized spacial score (nSPS) is 12.6. The quantitative estimate of drug-likeness (QED) is 0.881. The van der Waals surface area contributed by atoms with E-state index in [-0.39, 0.29) is 17.7 Å². The molecule has 5 heteroatoms. The molecule has 0 saturated heterocycles. The Labute approximate surface area is 98.6 Å². The first-order valence-electron chi connectivity index (χ1n) is 5.50. The van der Waals surface area contributed by atoms with Crippen LogP contribution in [0.5, 0.6) is 0 Å². The summed E-state index contributed by atoms with van der Waals surface area (Å²) in [5.41, 5.74) is 5.98. The second-order valence-corrected chi connectivity index (χ2v) is 4.01. The van der Waals surface area contributed by atoms with Gasteiger partial charge in [-0.05, 0) is 25.5 Å². The summed E-state index contributed by atoms with van der Waals surface area (Å²) in [6.45, 7) is 1.91. The van der Waals surface area contributed by atoms with Crippen LogP contribution in [0.15, 0.2) is 28.8 Å². The van der Waals surface area contributed by atoms with E-state index >= 15 is 0 Å². The molecule has 0 amide bonds. The van der Waals surface area contributed by atoms with Gasteiger partial charge in [0.25, 0.3) is 0 Å². The van der Waals surface area contributed by atoms with Gasteiger partial charge in [-0.2, -0.15) is 4.98 Å². The molecule has 17 heavy (non-hydrogen) atoms. The highest BCUT2D eigenvalue weighted by atomic mass is 19.1. The van der Waals surface area contributed by atoms with Gasteiger partial charge in [-0.25, -0.2) is 4.39 Å². The topological polar surface area (TPSA) is 64.9 Å². The minimum Gasteiger partial charge on any atom is -0.339 e. The first-order chi connectivity index (χ1) is 8.16. The summed E-state index contributed by atoms with van der Waals surface area (Å²) in [5.74, 6) is 0.412. The number of benzene rings is 1. The Bertz CT molecular complexity index is 496. The highest BCUT2D eigenvalue weighted by Crippen LogP contribution is 2.19. The van der Waals surface area contributed by atoms with Crippen molar-refractivity contribution in [2.45, 2.75) is 25.8 Å². The minimum absolute atomic E-state index is 0.0822. The molecule has 2 aromatic rings. The van der Waals surface area contributed by atoms with E-state index in [4.69, 9.17) is 10.3 Å². The number of rotatable bonds is 4. The van der Waals surface area contributed by atoms with Gasteiger partial charge in [0.05, 0.1) is 5.56 Å². The molecule has 1 unspecified atom stereocenters. The van der Waals surface area contributed by atoms with Gasteiger partial charge in [0.15, 0.2) is 0 Å². The maximum atomic E-state index is 13.5. The van der Waals surface area contributed by atoms with E-state index in [1.54, 1.807) is 18.2 Å². The molecule has 2 N–H and O–H groups in total. The van der Waals surface area contributed by atoms with Crippen molar-refractivity contribution in [3.8, 4) is 11.4 Å². The van der Waals surface area contributed by atoms with Crippen LogP contribution in [-0.4, -0.2) is 16.2 Å². The Hall–Kier alpha value is -1.75. The van der Waals surface area contributed by atoms with Gasteiger partial charge in [-0.1, -0.05) is 17.3 Å². The molecule has 0 bridgehead atoms. The molecule has 0 aliphatic rings. The molecule has 1 atom stereocenters. The van der Waals surface area contributed by atoms with Crippen molar-refractivity contribution in [1.29, 1.82) is 0 Å². The van der Waals surface area contributed by atoms with Crippen molar-refractivity contribution in [3.05, 3.63) is 36.0 Å². The second kappa shape index (κ2) is 5.05. The van der Waals surface area contributed by atoms with Gasteiger partial charge in [-0.15, -0.1) is 0 Å². The molecule has 0 aliphatic carbocycles. The maximum absolute atomic E-state index is 13.5. The Morgan fingerprint density at radius 1 is 1.41 bits per heavy atom. The summed E-state index contributed by atoms with van der Waals surface area (Å²) in [6, 6.07) is 6.42. The zero-order valence-electron chi connectivity index (χ0n) is 9.56. The Balaban J connectivity index is 2.16. The van der Waals surface area contributed by atoms with Crippen LogP contribution in [0.25, 0.3) is 11.4 Å². The van der Waals surface area contributed by atoms with Crippen LogP contribution in [0.2, 0.25) is 0 Å². The number of nitrogens with zero attached hydrogens (tertiary/aromatic N) is 2. The van der Waals surface area contributed by atoms with E-state index in [1.807, 2.05) is 6.92 Å². The molecule has 0 radical (unpaired) electrons. The first kappa shape index (κ1) is 11.7. The lowest BCUT2D eigenvalue weighted by atomic mass is 10.2. The number of hydrogen-bond acceptors (Lipinski definition) is 4. The molecule has 0 aliphatic heterocycles. The molecule has 2 rings (SSSR count). The number of nitrogens with two attached hydrogens (primary N) is 1. The summed E-state index contributed by atoms with van der Waals surface area (Å²) in [6.07, 6.45) is 1.37. The van der Waals surface area contributed by atoms with Crippen LogP contribution >= 0.6 is 0 Å². The lowest BCUT2D eigenvalue weighted by molar-refractivity contribution is 0.372. The predicted molar refractivity (Wildman–Crippen MR) is 61.7 cm³/mol. The van der Waals surface area contributed by atoms with Crippen LogP contribution in [0, 0.1) is 5.82 Å². The van der Waals surface area contributed by atoms with E-state index in [9.17, 15) is 4.39 Å². The van der Waals surface area contributed by atoms with E-state index in [0.717, 1.165) is 6.42 Å². The van der Waals surface area contributed by atoms with Crippen molar-refractivity contribution >= 4 is 0 Å². The molecule has 0 spiro atoms. The van der Waals surface area contributed by atoms with Crippen LogP contribution in [0.4, 0.5) is 4.39 Å². The highest BCUT2D eigenvalue weighted by Gasteiger charge is 2.12. The number of aryl methyl sites for hydroxylation is 1. The fourth-order valence-corrected chi connectivity index (χ4v) is 1.46. The fourth-order valence-electron chi connectivity index (χ4n) is 1.46. The van der Waals surface area contributed by atoms with Crippen LogP contribution in [0.1, 0.15) is 19.2 Å². The molecule has 0 fully saturated rings. The second-order valence-electron chi connectivity index (χ2n) is 4.01. The molecular weight excluding hydrogens is 221 g/mol. The lowest BCUT2D eigenvalue weighted by Gasteiger charge is -1.99. The fraction of sp³-hybridized carbons (Fsp3) is 0.333. The van der Waals surface area contributed by atoms with Gasteiger partial charge >= 0.3 is 0 Å². The minimum atomic E-state index is -0.355. The predicted octanol–water partition coefficient (Wildman–Crippen LogP) is 2.16. The van der Waals surface area contributed by atoms with E-state index in [2.05, 4.69) is 10.1 Å². The first-order valence-corrected chi connectivity index (χ1v) is 5.50. The van der Waals surface area contributed by atoms with Crippen molar-refractivity contribution < 1.29 is 8.91 Å². The zero-order chi connectivity index (χ0) is 12.3. The van der Waals surface area contributed by atoms with E-state index in [0.29, 0.717) is 17.9 Å². The third-order valence-electron chi connectivity index (χ3n) is 2.40. The summed E-state index contributed by atoms with van der Waals surface area (Å²) in [7, 11) is 0. The largest absolute Gasteiger partial charge is 0.339 e. The van der Waals surface area contributed by atoms with Crippen LogP contribution < -0.4 is 5.73 Å². The third-order valence-corrected chi connectivity index (χ3v) is 2.40. The standard InChI is InChI=1S/C12H14FN3O/c1-8(14)6-7-11-15-12(16-17-11)9-4-2-3-5-10(9)13/h2-5,8H,6-7,14H2,1H3. The van der Waals surface area contributed by atoms with Gasteiger partial charge < -0.3 is 10.3 Å². The SMILES string of the molecule is CC(N)CCc1nc(-c2ccccc2F)no1. The molecular formula is C12H14FN3O. The van der Waals surface area contributed by atoms with Gasteiger partial charge in [0.2, 0.25) is 11.7 Å². The average molecular weight is 235 g/mol. The smallest absolute Gasteiger partial charge is 0.227 e. The van der Waals surface area contributed by atoms with E-state index in [1.165, 1.54) is 6.07 Å². The van der Waals surface area contributed by atoms with Crippen LogP contribution in [0.3, 0.4) is 0 Å². The van der Waals surface area contributed by atoms with Crippen molar-refractivity contribution in [2.75, 3.05) is 0 Å². The molecule has 90 valence electrons. The highest BCUT2D eigenvalue weighted by molar-refractivity contribution is 5.54. The summed E-state index contributed by atoms with van der Waals surface area (Å²) in [5, 5.41) is 3.76. The Morgan fingerprint density at radius 3 is 2.88 bits per heavy atom. The average Bonchev–Trinajstić information content (AvgIpc) is 2.75. The van der Waals surface area contributed by atoms with Crippen LogP contribution in [-0.2, 0) is 6.42 Å². The molecule has 0 saturated carbocycles. The maximum Gasteiger partial charge on any atom is 0.227 e. The van der Waals surface area contributed by atoms with Gasteiger partial charge in [0, 0.05) is 12.5 Å². The van der Waals surface area contributed by atoms with Gasteiger partial charge in [-0.3, -0.25) is 0 Å². The summed E-state index contributed by atoms with van der Waals surface area (Å²) < 4.78 is 18.5. The molecule has 4 nitrogen and oxygen atoms in total. The molecule has 1 aromatic carbocycles. The molecule has 1 heterocycles. The number of hydrogen-bond donors (Lipinski definition) is 1. The third kappa shape index (κ3) is 2.88. The summed E-state index contributed by atoms with van der Waals surface area (Å²) in [4.78, 5) is 4.14. The monoisotopic (exact) mass is 235 g/mol. The summed E-state index contributed by atoms with van der Waals surface area (Å²) >= 11 is 0. The number of halogens is 1. The van der Waals surface area contributed by atoms with Crippen molar-refractivity contribution in [3.63, 3.8) is 0 Å². The Kier molecular flexibility index (Phi) is 3.49. The lowest BCUT2D eigenvalue weighted by Crippen LogP contribution is -2.15. The molecule has 1 aromatic heterocycles. The van der Waals surface area contributed by atoms with Crippen molar-refractivity contribution in [2.24, 2.45) is 5.73 Å². The number of aromatic nitrogens is 2.